The number of aromatic amines is 1. The van der Waals surface area contributed by atoms with Crippen LogP contribution in [0.2, 0.25) is 0 Å². The maximum absolute atomic E-state index is 13.7. The first-order valence-corrected chi connectivity index (χ1v) is 7.00. The number of rotatable bonds is 3. The predicted molar refractivity (Wildman–Crippen MR) is 83.9 cm³/mol. The van der Waals surface area contributed by atoms with Gasteiger partial charge in [-0.1, -0.05) is 12.1 Å². The van der Waals surface area contributed by atoms with E-state index in [1.807, 2.05) is 28.8 Å². The first kappa shape index (κ1) is 14.0. The third kappa shape index (κ3) is 2.50. The van der Waals surface area contributed by atoms with Gasteiger partial charge in [0.25, 0.3) is 0 Å². The summed E-state index contributed by atoms with van der Waals surface area (Å²) in [5.41, 5.74) is 4.16. The Balaban J connectivity index is 2.24. The Hall–Kier alpha value is -1.98. The molecular formula is C16H15FN2OS. The molecule has 0 spiro atoms. The van der Waals surface area contributed by atoms with Crippen LogP contribution < -0.4 is 0 Å². The normalized spacial score (nSPS) is 11.2. The average Bonchev–Trinajstić information content (AvgIpc) is 2.75. The van der Waals surface area contributed by atoms with Gasteiger partial charge in [-0.25, -0.2) is 4.39 Å². The van der Waals surface area contributed by atoms with Gasteiger partial charge in [-0.15, -0.1) is 0 Å². The molecular weight excluding hydrogens is 287 g/mol. The lowest BCUT2D eigenvalue weighted by Gasteiger charge is -2.08. The number of hydrogen-bond acceptors (Lipinski definition) is 2. The molecule has 3 rings (SSSR count). The molecule has 0 aliphatic heterocycles. The van der Waals surface area contributed by atoms with Gasteiger partial charge >= 0.3 is 0 Å². The molecule has 1 aromatic heterocycles. The number of ether oxygens (including phenoxy) is 1. The number of H-pyrrole nitrogens is 1. The highest BCUT2D eigenvalue weighted by molar-refractivity contribution is 7.71. The summed E-state index contributed by atoms with van der Waals surface area (Å²) in [4.78, 5) is 3.05. The van der Waals surface area contributed by atoms with E-state index in [-0.39, 0.29) is 5.82 Å². The minimum absolute atomic E-state index is 0.237. The fourth-order valence-electron chi connectivity index (χ4n) is 2.44. The number of nitrogens with one attached hydrogen (secondary N) is 1. The van der Waals surface area contributed by atoms with Crippen LogP contribution in [0.25, 0.3) is 16.7 Å². The van der Waals surface area contributed by atoms with E-state index < -0.39 is 0 Å². The van der Waals surface area contributed by atoms with E-state index in [2.05, 4.69) is 4.98 Å². The molecule has 0 amide bonds. The van der Waals surface area contributed by atoms with E-state index in [0.29, 0.717) is 22.5 Å². The minimum atomic E-state index is -0.237. The minimum Gasteiger partial charge on any atom is -0.380 e. The molecule has 108 valence electrons. The summed E-state index contributed by atoms with van der Waals surface area (Å²) in [6.07, 6.45) is 0. The summed E-state index contributed by atoms with van der Waals surface area (Å²) < 4.78 is 21.3. The molecule has 5 heteroatoms. The second-order valence-corrected chi connectivity index (χ2v) is 5.37. The third-order valence-corrected chi connectivity index (χ3v) is 3.73. The molecule has 21 heavy (non-hydrogen) atoms. The van der Waals surface area contributed by atoms with Gasteiger partial charge in [-0.2, -0.15) is 0 Å². The number of fused-ring (bicyclic) bond motifs is 1. The summed E-state index contributed by atoms with van der Waals surface area (Å²) in [6, 6.07) is 11.2. The van der Waals surface area contributed by atoms with Gasteiger partial charge in [0, 0.05) is 12.8 Å². The van der Waals surface area contributed by atoms with Crippen molar-refractivity contribution in [3.05, 3.63) is 58.1 Å². The Labute approximate surface area is 127 Å². The Morgan fingerprint density at radius 1 is 1.29 bits per heavy atom. The third-order valence-electron chi connectivity index (χ3n) is 3.44. The molecule has 3 nitrogen and oxygen atoms in total. The van der Waals surface area contributed by atoms with Crippen LogP contribution in [0, 0.1) is 17.5 Å². The van der Waals surface area contributed by atoms with Gasteiger partial charge in [0.05, 0.1) is 17.6 Å². The number of halogens is 1. The SMILES string of the molecule is COCc1cccc(-n2c(=S)[nH]c3cc(F)c(C)cc32)c1. The first-order chi connectivity index (χ1) is 10.1. The Kier molecular flexibility index (Phi) is 3.61. The lowest BCUT2D eigenvalue weighted by atomic mass is 10.2. The Morgan fingerprint density at radius 2 is 2.10 bits per heavy atom. The second kappa shape index (κ2) is 5.42. The quantitative estimate of drug-likeness (QED) is 0.732. The lowest BCUT2D eigenvalue weighted by molar-refractivity contribution is 0.185. The predicted octanol–water partition coefficient (Wildman–Crippen LogP) is 4.28. The molecule has 0 unspecified atom stereocenters. The van der Waals surface area contributed by atoms with Gasteiger partial charge in [-0.3, -0.25) is 4.57 Å². The standard InChI is InChI=1S/C16H15FN2OS/c1-10-6-15-14(8-13(10)17)18-16(21)19(15)12-5-3-4-11(7-12)9-20-2/h3-8H,9H2,1-2H3,(H,18,21). The van der Waals surface area contributed by atoms with Gasteiger partial charge < -0.3 is 9.72 Å². The number of methoxy groups -OCH3 is 1. The van der Waals surface area contributed by atoms with Crippen molar-refractivity contribution in [2.45, 2.75) is 13.5 Å². The van der Waals surface area contributed by atoms with Crippen LogP contribution >= 0.6 is 12.2 Å². The lowest BCUT2D eigenvalue weighted by Crippen LogP contribution is -1.97. The van der Waals surface area contributed by atoms with Crippen molar-refractivity contribution in [3.8, 4) is 5.69 Å². The monoisotopic (exact) mass is 302 g/mol. The highest BCUT2D eigenvalue weighted by Gasteiger charge is 2.10. The first-order valence-electron chi connectivity index (χ1n) is 6.59. The van der Waals surface area contributed by atoms with Crippen LogP contribution in [0.4, 0.5) is 4.39 Å². The second-order valence-electron chi connectivity index (χ2n) is 4.99. The van der Waals surface area contributed by atoms with E-state index in [9.17, 15) is 4.39 Å². The molecule has 1 heterocycles. The van der Waals surface area contributed by atoms with Crippen molar-refractivity contribution in [1.29, 1.82) is 0 Å². The number of benzene rings is 2. The molecule has 0 saturated carbocycles. The van der Waals surface area contributed by atoms with Crippen LogP contribution in [0.1, 0.15) is 11.1 Å². The van der Waals surface area contributed by atoms with E-state index in [4.69, 9.17) is 17.0 Å². The Bertz CT molecular complexity index is 866. The number of aryl methyl sites for hydroxylation is 1. The fourth-order valence-corrected chi connectivity index (χ4v) is 2.75. The topological polar surface area (TPSA) is 29.9 Å². The molecule has 2 aromatic carbocycles. The average molecular weight is 302 g/mol. The number of hydrogen-bond donors (Lipinski definition) is 1. The summed E-state index contributed by atoms with van der Waals surface area (Å²) in [5.74, 6) is -0.237. The molecule has 0 aliphatic carbocycles. The van der Waals surface area contributed by atoms with Crippen molar-refractivity contribution in [2.75, 3.05) is 7.11 Å². The highest BCUT2D eigenvalue weighted by atomic mass is 32.1. The van der Waals surface area contributed by atoms with Crippen molar-refractivity contribution >= 4 is 23.3 Å². The Morgan fingerprint density at radius 3 is 2.86 bits per heavy atom. The largest absolute Gasteiger partial charge is 0.380 e. The van der Waals surface area contributed by atoms with Crippen molar-refractivity contribution in [2.24, 2.45) is 0 Å². The zero-order chi connectivity index (χ0) is 15.0. The van der Waals surface area contributed by atoms with Crippen molar-refractivity contribution in [1.82, 2.24) is 9.55 Å². The van der Waals surface area contributed by atoms with Crippen molar-refractivity contribution < 1.29 is 9.13 Å². The van der Waals surface area contributed by atoms with Gasteiger partial charge in [0.1, 0.15) is 5.82 Å². The highest BCUT2D eigenvalue weighted by Crippen LogP contribution is 2.23. The molecule has 0 saturated heterocycles. The van der Waals surface area contributed by atoms with Crippen LogP contribution in [-0.4, -0.2) is 16.7 Å². The van der Waals surface area contributed by atoms with Crippen LogP contribution in [0.15, 0.2) is 36.4 Å². The number of aromatic nitrogens is 2. The summed E-state index contributed by atoms with van der Waals surface area (Å²) in [7, 11) is 1.66. The van der Waals surface area contributed by atoms with E-state index in [1.54, 1.807) is 20.1 Å². The number of imidazole rings is 1. The van der Waals surface area contributed by atoms with E-state index in [0.717, 1.165) is 16.8 Å². The molecule has 3 aromatic rings. The zero-order valence-corrected chi connectivity index (χ0v) is 12.6. The summed E-state index contributed by atoms with van der Waals surface area (Å²) in [6.45, 7) is 2.29. The smallest absolute Gasteiger partial charge is 0.182 e. The molecule has 0 bridgehead atoms. The molecule has 1 N–H and O–H groups in total. The van der Waals surface area contributed by atoms with E-state index in [1.165, 1.54) is 6.07 Å². The van der Waals surface area contributed by atoms with Gasteiger partial charge in [0.2, 0.25) is 0 Å². The van der Waals surface area contributed by atoms with E-state index >= 15 is 0 Å². The number of nitrogens with zero attached hydrogens (tertiary/aromatic N) is 1. The maximum Gasteiger partial charge on any atom is 0.182 e. The molecule has 0 aliphatic rings. The van der Waals surface area contributed by atoms with Gasteiger partial charge in [-0.05, 0) is 54.5 Å². The zero-order valence-electron chi connectivity index (χ0n) is 11.8. The summed E-state index contributed by atoms with van der Waals surface area (Å²) in [5, 5.41) is 0. The van der Waals surface area contributed by atoms with Crippen molar-refractivity contribution in [3.63, 3.8) is 0 Å². The molecule has 0 atom stereocenters. The van der Waals surface area contributed by atoms with Crippen LogP contribution in [0.3, 0.4) is 0 Å². The van der Waals surface area contributed by atoms with Crippen LogP contribution in [-0.2, 0) is 11.3 Å². The molecule has 0 radical (unpaired) electrons. The maximum atomic E-state index is 13.7. The van der Waals surface area contributed by atoms with Gasteiger partial charge in [0.15, 0.2) is 4.77 Å². The summed E-state index contributed by atoms with van der Waals surface area (Å²) >= 11 is 5.38. The van der Waals surface area contributed by atoms with Crippen LogP contribution in [0.5, 0.6) is 0 Å². The fraction of sp³-hybridized carbons (Fsp3) is 0.188. The molecule has 0 fully saturated rings.